The van der Waals surface area contributed by atoms with Crippen LogP contribution in [0.4, 0.5) is 0 Å². The molecule has 6 heteroatoms. The first kappa shape index (κ1) is 32.8. The Labute approximate surface area is 145 Å². The quantitative estimate of drug-likeness (QED) is 0.490. The molecule has 0 heterocycles. The summed E-state index contributed by atoms with van der Waals surface area (Å²) in [6, 6.07) is 0. The van der Waals surface area contributed by atoms with E-state index in [0.29, 0.717) is 0 Å². The second-order valence-corrected chi connectivity index (χ2v) is 5.73. The molecule has 0 aliphatic rings. The van der Waals surface area contributed by atoms with Crippen LogP contribution in [0.15, 0.2) is 12.5 Å². The van der Waals surface area contributed by atoms with Crippen LogP contribution in [0.3, 0.4) is 0 Å². The second kappa shape index (κ2) is 19.9. The first-order chi connectivity index (χ1) is 8.61. The van der Waals surface area contributed by atoms with Crippen molar-refractivity contribution in [1.29, 1.82) is 0 Å². The summed E-state index contributed by atoms with van der Waals surface area (Å²) in [5.41, 5.74) is -0.390. The average Bonchev–Trinajstić information content (AvgIpc) is 1.92. The molecule has 0 spiro atoms. The first-order valence-corrected chi connectivity index (χ1v) is 6.64. The fourth-order valence-electron chi connectivity index (χ4n) is 0.342. The van der Waals surface area contributed by atoms with Crippen molar-refractivity contribution in [3.05, 3.63) is 12.5 Å². The number of hydrogen-bond acceptors (Lipinski definition) is 5. The van der Waals surface area contributed by atoms with Crippen molar-refractivity contribution in [2.24, 2.45) is 0 Å². The van der Waals surface area contributed by atoms with Crippen LogP contribution in [0.2, 0.25) is 0 Å². The van der Waals surface area contributed by atoms with Crippen LogP contribution in [-0.4, -0.2) is 23.9 Å². The van der Waals surface area contributed by atoms with Gasteiger partial charge in [0.25, 0.3) is 0 Å². The minimum Gasteiger partial charge on any atom is -0.852 e. The van der Waals surface area contributed by atoms with E-state index in [1.165, 1.54) is 0 Å². The van der Waals surface area contributed by atoms with Gasteiger partial charge in [-0.1, -0.05) is 68.9 Å². The Morgan fingerprint density at radius 2 is 0.952 bits per heavy atom. The van der Waals surface area contributed by atoms with E-state index in [1.54, 1.807) is 62.3 Å². The van der Waals surface area contributed by atoms with Gasteiger partial charge in [0.05, 0.1) is 0 Å². The Kier molecular flexibility index (Phi) is 31.1. The summed E-state index contributed by atoms with van der Waals surface area (Å²) in [6.07, 6.45) is -1.25. The molecular formula is C15H32O5Ti. The predicted octanol–water partition coefficient (Wildman–Crippen LogP) is -0.104. The minimum absolute atomic E-state index is 0. The van der Waals surface area contributed by atoms with Crippen molar-refractivity contribution in [3.63, 3.8) is 0 Å². The van der Waals surface area contributed by atoms with Gasteiger partial charge in [0.15, 0.2) is 0 Å². The first-order valence-electron chi connectivity index (χ1n) is 6.64. The van der Waals surface area contributed by atoms with Gasteiger partial charge < -0.3 is 25.2 Å². The van der Waals surface area contributed by atoms with E-state index in [1.807, 2.05) is 0 Å². The van der Waals surface area contributed by atoms with Gasteiger partial charge in [-0.25, -0.2) is 0 Å². The van der Waals surface area contributed by atoms with E-state index in [2.05, 4.69) is 11.3 Å². The van der Waals surface area contributed by atoms with Gasteiger partial charge >= 0.3 is 21.7 Å². The molecule has 0 aliphatic heterocycles. The molecule has 0 aliphatic carbocycles. The van der Waals surface area contributed by atoms with Gasteiger partial charge in [-0.15, -0.1) is 18.3 Å². The van der Waals surface area contributed by atoms with Gasteiger partial charge in [0, 0.05) is 11.5 Å². The third-order valence-electron chi connectivity index (χ3n) is 0.420. The zero-order valence-electron chi connectivity index (χ0n) is 15.0. The summed E-state index contributed by atoms with van der Waals surface area (Å²) in [5, 5.41) is 38.7. The molecule has 21 heavy (non-hydrogen) atoms. The molecule has 0 fully saturated rings. The molecule has 0 N–H and O–H groups in total. The summed E-state index contributed by atoms with van der Waals surface area (Å²) in [4.78, 5) is 0. The minimum atomic E-state index is -0.475. The molecule has 0 atom stereocenters. The van der Waals surface area contributed by atoms with Crippen LogP contribution in [0.25, 0.3) is 0 Å². The zero-order valence-corrected chi connectivity index (χ0v) is 16.5. The van der Waals surface area contributed by atoms with Crippen LogP contribution in [0.5, 0.6) is 0 Å². The van der Waals surface area contributed by atoms with E-state index < -0.39 is 29.9 Å². The Balaban J connectivity index is -0.0000000570. The molecule has 0 saturated heterocycles. The van der Waals surface area contributed by atoms with Crippen LogP contribution in [-0.2, 0) is 26.5 Å². The molecule has 0 saturated carbocycles. The topological polar surface area (TPSA) is 101 Å². The van der Waals surface area contributed by atoms with Crippen molar-refractivity contribution in [2.45, 2.75) is 86.2 Å². The fraction of sp³-hybridized carbons (Fsp3) is 0.867. The Bertz CT molecular complexity index is 176. The van der Waals surface area contributed by atoms with Crippen LogP contribution in [0.1, 0.15) is 62.3 Å². The molecule has 0 unspecified atom stereocenters. The van der Waals surface area contributed by atoms with Crippen molar-refractivity contribution in [3.8, 4) is 0 Å². The van der Waals surface area contributed by atoms with E-state index in [-0.39, 0.29) is 21.7 Å². The third-order valence-corrected chi connectivity index (χ3v) is 0.420. The molecule has 126 valence electrons. The average molecular weight is 340 g/mol. The molecule has 0 aromatic heterocycles. The monoisotopic (exact) mass is 340 g/mol. The summed E-state index contributed by atoms with van der Waals surface area (Å²) < 4.78 is 4.69. The molecule has 0 aromatic carbocycles. The van der Waals surface area contributed by atoms with Crippen LogP contribution >= 0.6 is 0 Å². The van der Waals surface area contributed by atoms with Gasteiger partial charge in [-0.2, -0.15) is 0 Å². The van der Waals surface area contributed by atoms with E-state index >= 15 is 0 Å². The third kappa shape index (κ3) is 263. The Hall–Kier alpha value is -0.0657. The van der Waals surface area contributed by atoms with Crippen molar-refractivity contribution >= 4 is 0 Å². The standard InChI is InChI=1S/C6H12O2.3C3H7O.Ti/c1-5(7)8-6(2,3)4;3*1-3(2)4;/h7H,1H2,2-4H3;3*3H,1-2H3;/q;3*-1;+4/p-1. The molecular weight excluding hydrogens is 308 g/mol. The van der Waals surface area contributed by atoms with Crippen molar-refractivity contribution in [2.75, 3.05) is 0 Å². The summed E-state index contributed by atoms with van der Waals surface area (Å²) in [7, 11) is 0. The molecule has 5 nitrogen and oxygen atoms in total. The SMILES string of the molecule is C=C([O-])OC(C)(C)C.CC(C)[O-].CC(C)[O-].CC(C)[O-].[Ti+4]. The number of hydrogen-bond donors (Lipinski definition) is 0. The van der Waals surface area contributed by atoms with Crippen molar-refractivity contribution < 1.29 is 46.9 Å². The molecule has 0 rings (SSSR count). The number of rotatable bonds is 1. The maximum absolute atomic E-state index is 10.1. The van der Waals surface area contributed by atoms with Gasteiger partial charge in [-0.3, -0.25) is 0 Å². The molecule has 0 amide bonds. The van der Waals surface area contributed by atoms with Crippen LogP contribution in [0, 0.1) is 0 Å². The van der Waals surface area contributed by atoms with E-state index in [4.69, 9.17) is 0 Å². The molecule has 0 aromatic rings. The fourth-order valence-corrected chi connectivity index (χ4v) is 0.342. The van der Waals surface area contributed by atoms with E-state index in [9.17, 15) is 20.4 Å². The zero-order chi connectivity index (χ0) is 17.5. The summed E-state index contributed by atoms with van der Waals surface area (Å²) >= 11 is 0. The second-order valence-electron chi connectivity index (χ2n) is 5.73. The smallest absolute Gasteiger partial charge is 0.852 e. The Morgan fingerprint density at radius 3 is 0.952 bits per heavy atom. The maximum Gasteiger partial charge on any atom is 4.00 e. The molecule has 0 bridgehead atoms. The summed E-state index contributed by atoms with van der Waals surface area (Å²) in [6.45, 7) is 18.1. The number of ether oxygens (including phenoxy) is 1. The van der Waals surface area contributed by atoms with Crippen LogP contribution < -0.4 is 20.4 Å². The van der Waals surface area contributed by atoms with Crippen molar-refractivity contribution in [1.82, 2.24) is 0 Å². The van der Waals surface area contributed by atoms with Gasteiger partial charge in [-0.05, 0) is 0 Å². The van der Waals surface area contributed by atoms with Gasteiger partial charge in [0.2, 0.25) is 0 Å². The normalized spacial score (nSPS) is 9.29. The molecule has 0 radical (unpaired) electrons. The maximum atomic E-state index is 10.1. The Morgan fingerprint density at radius 1 is 0.810 bits per heavy atom. The largest absolute Gasteiger partial charge is 4.00 e. The van der Waals surface area contributed by atoms with Gasteiger partial charge in [0.1, 0.15) is 0 Å². The van der Waals surface area contributed by atoms with E-state index in [0.717, 1.165) is 0 Å². The predicted molar refractivity (Wildman–Crippen MR) is 75.4 cm³/mol. The summed E-state index contributed by atoms with van der Waals surface area (Å²) in [5.74, 6) is -0.475.